The number of rotatable bonds is 4. The fourth-order valence-electron chi connectivity index (χ4n) is 1.40. The summed E-state index contributed by atoms with van der Waals surface area (Å²) in [4.78, 5) is 15.2. The van der Waals surface area contributed by atoms with E-state index in [1.165, 1.54) is 6.07 Å². The average Bonchev–Trinajstić information content (AvgIpc) is 2.36. The van der Waals surface area contributed by atoms with Crippen LogP contribution < -0.4 is 5.73 Å². The van der Waals surface area contributed by atoms with Crippen molar-refractivity contribution in [1.29, 1.82) is 5.26 Å². The zero-order valence-electron chi connectivity index (χ0n) is 9.61. The van der Waals surface area contributed by atoms with Crippen LogP contribution in [0.1, 0.15) is 40.7 Å². The Kier molecular flexibility index (Phi) is 4.68. The average molecular weight is 255 g/mol. The molecule has 1 aromatic heterocycles. The number of alkyl halides is 2. The molecule has 0 bridgehead atoms. The van der Waals surface area contributed by atoms with Crippen LogP contribution in [0.25, 0.3) is 0 Å². The van der Waals surface area contributed by atoms with Crippen molar-refractivity contribution in [2.45, 2.75) is 19.9 Å². The van der Waals surface area contributed by atoms with E-state index < -0.39 is 23.7 Å². The lowest BCUT2D eigenvalue weighted by Gasteiger charge is -2.11. The number of carbonyl (C=O) groups is 1. The number of halogens is 2. The van der Waals surface area contributed by atoms with Crippen molar-refractivity contribution in [3.05, 3.63) is 28.6 Å². The second-order valence-corrected chi connectivity index (χ2v) is 3.26. The molecule has 0 aliphatic heterocycles. The number of ether oxygens (including phenoxy) is 1. The highest BCUT2D eigenvalue weighted by Gasteiger charge is 2.25. The number of pyridine rings is 1. The molecule has 0 fully saturated rings. The van der Waals surface area contributed by atoms with Crippen LogP contribution in [0.3, 0.4) is 0 Å². The molecule has 7 heteroatoms. The Bertz CT molecular complexity index is 498. The Morgan fingerprint density at radius 3 is 2.78 bits per heavy atom. The predicted molar refractivity (Wildman–Crippen MR) is 57.8 cm³/mol. The van der Waals surface area contributed by atoms with Gasteiger partial charge in [0.05, 0.1) is 23.4 Å². The highest BCUT2D eigenvalue weighted by atomic mass is 19.3. The normalized spacial score (nSPS) is 10.2. The van der Waals surface area contributed by atoms with Gasteiger partial charge in [-0.3, -0.25) is 0 Å². The first kappa shape index (κ1) is 14.0. The van der Waals surface area contributed by atoms with Gasteiger partial charge in [0.25, 0.3) is 6.43 Å². The zero-order chi connectivity index (χ0) is 13.7. The molecule has 1 aromatic rings. The molecular weight excluding hydrogens is 244 g/mol. The lowest BCUT2D eigenvalue weighted by atomic mass is 10.1. The molecular formula is C11H11F2N3O2. The van der Waals surface area contributed by atoms with Crippen molar-refractivity contribution in [2.24, 2.45) is 5.73 Å². The molecule has 0 amide bonds. The Morgan fingerprint density at radius 1 is 1.67 bits per heavy atom. The third kappa shape index (κ3) is 2.78. The van der Waals surface area contributed by atoms with Gasteiger partial charge in [0, 0.05) is 6.54 Å². The molecule has 0 atom stereocenters. The molecule has 0 aliphatic rings. The van der Waals surface area contributed by atoms with E-state index in [1.807, 2.05) is 0 Å². The van der Waals surface area contributed by atoms with E-state index in [0.717, 1.165) is 6.07 Å². The summed E-state index contributed by atoms with van der Waals surface area (Å²) in [5.74, 6) is -0.915. The van der Waals surface area contributed by atoms with Crippen LogP contribution in [0.4, 0.5) is 8.78 Å². The summed E-state index contributed by atoms with van der Waals surface area (Å²) in [6.07, 6.45) is -2.99. The van der Waals surface area contributed by atoms with Crippen molar-refractivity contribution >= 4 is 5.97 Å². The number of aromatic nitrogens is 1. The van der Waals surface area contributed by atoms with Crippen molar-refractivity contribution in [3.8, 4) is 6.07 Å². The second-order valence-electron chi connectivity index (χ2n) is 3.26. The molecule has 0 unspecified atom stereocenters. The number of hydrogen-bond donors (Lipinski definition) is 1. The zero-order valence-corrected chi connectivity index (χ0v) is 9.61. The summed E-state index contributed by atoms with van der Waals surface area (Å²) in [7, 11) is 0. The van der Waals surface area contributed by atoms with Gasteiger partial charge in [0.2, 0.25) is 0 Å². The van der Waals surface area contributed by atoms with Crippen LogP contribution >= 0.6 is 0 Å². The maximum atomic E-state index is 12.9. The number of carbonyl (C=O) groups excluding carboxylic acids is 1. The molecule has 0 saturated heterocycles. The SMILES string of the molecule is CCOC(=O)c1cc(CN)nc(C#N)c1C(F)F. The van der Waals surface area contributed by atoms with Gasteiger partial charge in [-0.05, 0) is 13.0 Å². The standard InChI is InChI=1S/C11H11F2N3O2/c1-2-18-11(17)7-3-6(4-14)16-8(5-15)9(7)10(12)13/h3,10H,2,4,14H2,1H3. The van der Waals surface area contributed by atoms with E-state index in [2.05, 4.69) is 9.72 Å². The monoisotopic (exact) mass is 255 g/mol. The molecule has 0 spiro atoms. The fraction of sp³-hybridized carbons (Fsp3) is 0.364. The van der Waals surface area contributed by atoms with Gasteiger partial charge in [-0.15, -0.1) is 0 Å². The number of nitrogens with zero attached hydrogens (tertiary/aromatic N) is 2. The maximum absolute atomic E-state index is 12.9. The summed E-state index contributed by atoms with van der Waals surface area (Å²) in [6, 6.07) is 2.66. The van der Waals surface area contributed by atoms with Gasteiger partial charge >= 0.3 is 5.97 Å². The lowest BCUT2D eigenvalue weighted by molar-refractivity contribution is 0.0514. The molecule has 2 N–H and O–H groups in total. The minimum atomic E-state index is -2.99. The predicted octanol–water partition coefficient (Wildman–Crippen LogP) is 1.53. The Morgan fingerprint density at radius 2 is 2.33 bits per heavy atom. The third-order valence-electron chi connectivity index (χ3n) is 2.14. The molecule has 0 saturated carbocycles. The van der Waals surface area contributed by atoms with E-state index in [0.29, 0.717) is 0 Å². The fourth-order valence-corrected chi connectivity index (χ4v) is 1.40. The number of nitrogens with two attached hydrogens (primary N) is 1. The van der Waals surface area contributed by atoms with Crippen molar-refractivity contribution in [1.82, 2.24) is 4.98 Å². The van der Waals surface area contributed by atoms with Crippen LogP contribution in [-0.2, 0) is 11.3 Å². The van der Waals surface area contributed by atoms with Crippen molar-refractivity contribution in [2.75, 3.05) is 6.61 Å². The molecule has 0 aromatic carbocycles. The van der Waals surface area contributed by atoms with Gasteiger partial charge in [-0.1, -0.05) is 0 Å². The van der Waals surface area contributed by atoms with Crippen molar-refractivity contribution < 1.29 is 18.3 Å². The highest BCUT2D eigenvalue weighted by Crippen LogP contribution is 2.27. The molecule has 0 radical (unpaired) electrons. The van der Waals surface area contributed by atoms with Crippen LogP contribution in [0, 0.1) is 11.3 Å². The van der Waals surface area contributed by atoms with E-state index >= 15 is 0 Å². The van der Waals surface area contributed by atoms with E-state index in [4.69, 9.17) is 11.0 Å². The first-order valence-corrected chi connectivity index (χ1v) is 5.14. The van der Waals surface area contributed by atoms with Gasteiger partial charge < -0.3 is 10.5 Å². The maximum Gasteiger partial charge on any atom is 0.338 e. The molecule has 1 heterocycles. The Hall–Kier alpha value is -2.07. The molecule has 0 aliphatic carbocycles. The van der Waals surface area contributed by atoms with Gasteiger partial charge in [-0.25, -0.2) is 18.6 Å². The first-order chi connectivity index (χ1) is 8.54. The largest absolute Gasteiger partial charge is 0.462 e. The van der Waals surface area contributed by atoms with E-state index in [1.54, 1.807) is 6.92 Å². The van der Waals surface area contributed by atoms with Gasteiger partial charge in [0.15, 0.2) is 5.69 Å². The molecule has 18 heavy (non-hydrogen) atoms. The minimum absolute atomic E-state index is 0.0453. The Labute approximate surface area is 102 Å². The van der Waals surface area contributed by atoms with E-state index in [9.17, 15) is 13.6 Å². The number of hydrogen-bond acceptors (Lipinski definition) is 5. The summed E-state index contributed by atoms with van der Waals surface area (Å²) in [6.45, 7) is 1.53. The van der Waals surface area contributed by atoms with Crippen LogP contribution in [0.5, 0.6) is 0 Å². The summed E-state index contributed by atoms with van der Waals surface area (Å²) < 4.78 is 30.4. The lowest BCUT2D eigenvalue weighted by Crippen LogP contribution is -2.14. The highest BCUT2D eigenvalue weighted by molar-refractivity contribution is 5.91. The number of nitriles is 1. The first-order valence-electron chi connectivity index (χ1n) is 5.14. The molecule has 5 nitrogen and oxygen atoms in total. The number of esters is 1. The topological polar surface area (TPSA) is 89.0 Å². The van der Waals surface area contributed by atoms with Crippen LogP contribution in [0.15, 0.2) is 6.07 Å². The summed E-state index contributed by atoms with van der Waals surface area (Å²) in [5.41, 5.74) is 3.93. The second kappa shape index (κ2) is 6.02. The van der Waals surface area contributed by atoms with Crippen LogP contribution in [-0.4, -0.2) is 17.6 Å². The quantitative estimate of drug-likeness (QED) is 0.824. The van der Waals surface area contributed by atoms with Crippen LogP contribution in [0.2, 0.25) is 0 Å². The van der Waals surface area contributed by atoms with Gasteiger partial charge in [0.1, 0.15) is 6.07 Å². The Balaban J connectivity index is 3.45. The summed E-state index contributed by atoms with van der Waals surface area (Å²) >= 11 is 0. The van der Waals surface area contributed by atoms with Crippen molar-refractivity contribution in [3.63, 3.8) is 0 Å². The molecule has 96 valence electrons. The smallest absolute Gasteiger partial charge is 0.338 e. The summed E-state index contributed by atoms with van der Waals surface area (Å²) in [5, 5.41) is 8.78. The minimum Gasteiger partial charge on any atom is -0.462 e. The third-order valence-corrected chi connectivity index (χ3v) is 2.14. The van der Waals surface area contributed by atoms with Gasteiger partial charge in [-0.2, -0.15) is 5.26 Å². The molecule has 1 rings (SSSR count). The van der Waals surface area contributed by atoms with E-state index in [-0.39, 0.29) is 24.4 Å².